The topological polar surface area (TPSA) is 57.3 Å². The summed E-state index contributed by atoms with van der Waals surface area (Å²) in [4.78, 5) is 18.1. The van der Waals surface area contributed by atoms with Crippen molar-refractivity contribution in [2.45, 2.75) is 19.0 Å². The number of nitrogens with one attached hydrogen (secondary N) is 2. The fourth-order valence-corrected chi connectivity index (χ4v) is 3.29. The van der Waals surface area contributed by atoms with Gasteiger partial charge in [0.1, 0.15) is 0 Å². The Balaban J connectivity index is 1.44. The van der Waals surface area contributed by atoms with Gasteiger partial charge in [-0.05, 0) is 43.0 Å². The van der Waals surface area contributed by atoms with Crippen LogP contribution in [0.1, 0.15) is 18.4 Å². The van der Waals surface area contributed by atoms with Gasteiger partial charge in [0.05, 0.1) is 12.1 Å². The number of halogens is 3. The van der Waals surface area contributed by atoms with Crippen LogP contribution in [0, 0.1) is 5.92 Å². The van der Waals surface area contributed by atoms with Crippen LogP contribution in [0.2, 0.25) is 0 Å². The molecule has 28 heavy (non-hydrogen) atoms. The number of rotatable bonds is 6. The number of anilines is 2. The zero-order valence-corrected chi connectivity index (χ0v) is 15.4. The fourth-order valence-electron chi connectivity index (χ4n) is 3.29. The SMILES string of the molecule is O=C(CNc1ccccc1C(F)(F)F)N1CCC(CNc2ccncc2)CC1. The van der Waals surface area contributed by atoms with Crippen LogP contribution in [0.3, 0.4) is 0 Å². The Morgan fingerprint density at radius 3 is 2.43 bits per heavy atom. The first-order valence-electron chi connectivity index (χ1n) is 9.25. The minimum Gasteiger partial charge on any atom is -0.385 e. The van der Waals surface area contributed by atoms with Gasteiger partial charge in [-0.25, -0.2) is 0 Å². The number of alkyl halides is 3. The van der Waals surface area contributed by atoms with E-state index in [0.717, 1.165) is 31.1 Å². The predicted octanol–water partition coefficient (Wildman–Crippen LogP) is 3.86. The van der Waals surface area contributed by atoms with Crippen LogP contribution in [0.15, 0.2) is 48.8 Å². The second kappa shape index (κ2) is 8.95. The first-order valence-corrected chi connectivity index (χ1v) is 9.25. The van der Waals surface area contributed by atoms with Gasteiger partial charge in [-0.15, -0.1) is 0 Å². The van der Waals surface area contributed by atoms with Crippen LogP contribution >= 0.6 is 0 Å². The molecule has 1 aliphatic rings. The van der Waals surface area contributed by atoms with Crippen molar-refractivity contribution >= 4 is 17.3 Å². The number of piperidine rings is 1. The number of nitrogens with zero attached hydrogens (tertiary/aromatic N) is 2. The molecule has 3 rings (SSSR count). The molecule has 1 aromatic carbocycles. The first-order chi connectivity index (χ1) is 13.4. The standard InChI is InChI=1S/C20H23F3N4O/c21-20(22,23)17-3-1-2-4-18(17)26-14-19(28)27-11-7-15(8-12-27)13-25-16-5-9-24-10-6-16/h1-6,9-10,15,26H,7-8,11-14H2,(H,24,25). The number of aromatic nitrogens is 1. The molecule has 1 saturated heterocycles. The van der Waals surface area contributed by atoms with E-state index in [1.807, 2.05) is 12.1 Å². The smallest absolute Gasteiger partial charge is 0.385 e. The molecule has 0 saturated carbocycles. The third kappa shape index (κ3) is 5.37. The summed E-state index contributed by atoms with van der Waals surface area (Å²) in [5.41, 5.74) is 0.185. The largest absolute Gasteiger partial charge is 0.418 e. The van der Waals surface area contributed by atoms with Crippen molar-refractivity contribution in [2.24, 2.45) is 5.92 Å². The summed E-state index contributed by atoms with van der Waals surface area (Å²) in [7, 11) is 0. The van der Waals surface area contributed by atoms with Crippen molar-refractivity contribution < 1.29 is 18.0 Å². The lowest BCUT2D eigenvalue weighted by Gasteiger charge is -2.32. The number of pyridine rings is 1. The van der Waals surface area contributed by atoms with Gasteiger partial charge in [-0.1, -0.05) is 12.1 Å². The summed E-state index contributed by atoms with van der Waals surface area (Å²) < 4.78 is 39.1. The van der Waals surface area contributed by atoms with Crippen LogP contribution in [-0.2, 0) is 11.0 Å². The quantitative estimate of drug-likeness (QED) is 0.784. The Bertz CT molecular complexity index is 775. The molecule has 2 aromatic rings. The number of hydrogen-bond donors (Lipinski definition) is 2. The van der Waals surface area contributed by atoms with E-state index < -0.39 is 11.7 Å². The molecular weight excluding hydrogens is 369 g/mol. The minimum absolute atomic E-state index is 0.0696. The Labute approximate surface area is 162 Å². The van der Waals surface area contributed by atoms with Gasteiger partial charge in [0, 0.05) is 43.4 Å². The van der Waals surface area contributed by atoms with E-state index in [2.05, 4.69) is 15.6 Å². The second-order valence-electron chi connectivity index (χ2n) is 6.84. The molecule has 1 amide bonds. The van der Waals surface area contributed by atoms with Crippen molar-refractivity contribution in [1.82, 2.24) is 9.88 Å². The molecule has 5 nitrogen and oxygen atoms in total. The van der Waals surface area contributed by atoms with Crippen LogP contribution in [0.4, 0.5) is 24.5 Å². The second-order valence-corrected chi connectivity index (χ2v) is 6.84. The van der Waals surface area contributed by atoms with E-state index in [-0.39, 0.29) is 18.1 Å². The summed E-state index contributed by atoms with van der Waals surface area (Å²) in [6.45, 7) is 1.91. The maximum atomic E-state index is 13.0. The van der Waals surface area contributed by atoms with E-state index in [0.29, 0.717) is 19.0 Å². The van der Waals surface area contributed by atoms with E-state index in [1.54, 1.807) is 17.3 Å². The van der Waals surface area contributed by atoms with E-state index in [4.69, 9.17) is 0 Å². The Kier molecular flexibility index (Phi) is 6.38. The minimum atomic E-state index is -4.45. The molecule has 0 atom stereocenters. The lowest BCUT2D eigenvalue weighted by atomic mass is 9.96. The van der Waals surface area contributed by atoms with E-state index in [9.17, 15) is 18.0 Å². The third-order valence-electron chi connectivity index (χ3n) is 4.90. The van der Waals surface area contributed by atoms with Gasteiger partial charge in [0.25, 0.3) is 0 Å². The summed E-state index contributed by atoms with van der Waals surface area (Å²) >= 11 is 0. The zero-order chi connectivity index (χ0) is 20.0. The fraction of sp³-hybridized carbons (Fsp3) is 0.400. The van der Waals surface area contributed by atoms with Crippen LogP contribution < -0.4 is 10.6 Å². The molecule has 0 spiro atoms. The molecular formula is C20H23F3N4O. The highest BCUT2D eigenvalue weighted by atomic mass is 19.4. The Hall–Kier alpha value is -2.77. The number of carbonyl (C=O) groups is 1. The average Bonchev–Trinajstić information content (AvgIpc) is 2.71. The Morgan fingerprint density at radius 1 is 1.07 bits per heavy atom. The molecule has 1 aromatic heterocycles. The maximum Gasteiger partial charge on any atom is 0.418 e. The molecule has 0 aliphatic carbocycles. The van der Waals surface area contributed by atoms with Gasteiger partial charge in [0.2, 0.25) is 5.91 Å². The lowest BCUT2D eigenvalue weighted by Crippen LogP contribution is -2.42. The number of benzene rings is 1. The van der Waals surface area contributed by atoms with E-state index >= 15 is 0 Å². The number of hydrogen-bond acceptors (Lipinski definition) is 4. The third-order valence-corrected chi connectivity index (χ3v) is 4.90. The van der Waals surface area contributed by atoms with Gasteiger partial charge in [-0.2, -0.15) is 13.2 Å². The average molecular weight is 392 g/mol. The molecule has 1 fully saturated rings. The lowest BCUT2D eigenvalue weighted by molar-refractivity contribution is -0.137. The zero-order valence-electron chi connectivity index (χ0n) is 15.4. The van der Waals surface area contributed by atoms with Gasteiger partial charge in [-0.3, -0.25) is 9.78 Å². The summed E-state index contributed by atoms with van der Waals surface area (Å²) in [6.07, 6.45) is 0.736. The number of carbonyl (C=O) groups excluding carboxylic acids is 1. The maximum absolute atomic E-state index is 13.0. The summed E-state index contributed by atoms with van der Waals surface area (Å²) in [6, 6.07) is 9.01. The van der Waals surface area contributed by atoms with Crippen molar-refractivity contribution in [3.05, 3.63) is 54.4 Å². The van der Waals surface area contributed by atoms with Crippen molar-refractivity contribution in [3.8, 4) is 0 Å². The highest BCUT2D eigenvalue weighted by molar-refractivity contribution is 5.81. The number of likely N-dealkylation sites (tertiary alicyclic amines) is 1. The normalized spacial score (nSPS) is 15.3. The van der Waals surface area contributed by atoms with E-state index in [1.165, 1.54) is 18.2 Å². The predicted molar refractivity (Wildman–Crippen MR) is 102 cm³/mol. The number of amides is 1. The van der Waals surface area contributed by atoms with Crippen molar-refractivity contribution in [3.63, 3.8) is 0 Å². The first kappa shape index (κ1) is 20.0. The van der Waals surface area contributed by atoms with Crippen molar-refractivity contribution in [2.75, 3.05) is 36.8 Å². The molecule has 0 bridgehead atoms. The molecule has 8 heteroatoms. The monoisotopic (exact) mass is 392 g/mol. The molecule has 0 radical (unpaired) electrons. The molecule has 2 heterocycles. The highest BCUT2D eigenvalue weighted by Crippen LogP contribution is 2.34. The van der Waals surface area contributed by atoms with Crippen LogP contribution in [-0.4, -0.2) is 42.0 Å². The molecule has 0 unspecified atom stereocenters. The van der Waals surface area contributed by atoms with Gasteiger partial charge < -0.3 is 15.5 Å². The van der Waals surface area contributed by atoms with Gasteiger partial charge >= 0.3 is 6.18 Å². The van der Waals surface area contributed by atoms with Crippen molar-refractivity contribution in [1.29, 1.82) is 0 Å². The molecule has 2 N–H and O–H groups in total. The van der Waals surface area contributed by atoms with Crippen LogP contribution in [0.25, 0.3) is 0 Å². The molecule has 150 valence electrons. The number of para-hydroxylation sites is 1. The Morgan fingerprint density at radius 2 is 1.75 bits per heavy atom. The summed E-state index contributed by atoms with van der Waals surface area (Å²) in [5.74, 6) is 0.272. The summed E-state index contributed by atoms with van der Waals surface area (Å²) in [5, 5.41) is 6.01. The highest BCUT2D eigenvalue weighted by Gasteiger charge is 2.33. The van der Waals surface area contributed by atoms with Gasteiger partial charge in [0.15, 0.2) is 0 Å². The van der Waals surface area contributed by atoms with Crippen LogP contribution in [0.5, 0.6) is 0 Å². The molecule has 1 aliphatic heterocycles.